The topological polar surface area (TPSA) is 99.2 Å². The monoisotopic (exact) mass is 554 g/mol. The minimum absolute atomic E-state index is 0.160. The molecule has 0 bridgehead atoms. The molecular weight excluding hydrogens is 526 g/mol. The van der Waals surface area contributed by atoms with Gasteiger partial charge in [-0.1, -0.05) is 0 Å². The fourth-order valence-electron chi connectivity index (χ4n) is 5.17. The van der Waals surface area contributed by atoms with E-state index in [1.165, 1.54) is 12.1 Å². The van der Waals surface area contributed by atoms with Crippen LogP contribution in [0.3, 0.4) is 0 Å². The molecule has 0 unspecified atom stereocenters. The van der Waals surface area contributed by atoms with Gasteiger partial charge in [-0.3, -0.25) is 4.90 Å². The molecule has 2 aromatic heterocycles. The summed E-state index contributed by atoms with van der Waals surface area (Å²) in [5, 5.41) is 10.1. The number of nitrogens with two attached hydrogens (primary N) is 1. The molecule has 204 valence electrons. The van der Waals surface area contributed by atoms with E-state index < -0.39 is 26.4 Å². The van der Waals surface area contributed by atoms with Gasteiger partial charge in [-0.25, -0.2) is 26.9 Å². The summed E-state index contributed by atoms with van der Waals surface area (Å²) in [5.41, 5.74) is 3.15. The van der Waals surface area contributed by atoms with Gasteiger partial charge >= 0.3 is 0 Å². The number of nitrogens with zero attached hydrogens (tertiary/aromatic N) is 3. The number of hydrogen-bond acceptors (Lipinski definition) is 6. The van der Waals surface area contributed by atoms with Crippen molar-refractivity contribution in [2.45, 2.75) is 17.6 Å². The van der Waals surface area contributed by atoms with Crippen LogP contribution in [0.2, 0.25) is 0 Å². The fourth-order valence-corrected chi connectivity index (χ4v) is 6.28. The number of morpholine rings is 1. The Balaban J connectivity index is 1.39. The van der Waals surface area contributed by atoms with Crippen LogP contribution in [0.15, 0.2) is 60.9 Å². The standard InChI is InChI=1S/C28H28F2N4O4S/c29-22-1-2-24(26(30)16-22)19-13-20(15-21(14-19)28(4-5-28)39(31,35)36)25-18-32-34-6-3-23(17-27(25)34)38-12-9-33-7-10-37-11-8-33/h1-3,6,13-18H,4-5,7-12H2,(H2,31,35,36). The number of aromatic nitrogens is 2. The van der Waals surface area contributed by atoms with Gasteiger partial charge in [0.1, 0.15) is 28.7 Å². The maximum absolute atomic E-state index is 14.8. The van der Waals surface area contributed by atoms with E-state index in [0.717, 1.165) is 44.4 Å². The Kier molecular flexibility index (Phi) is 6.62. The van der Waals surface area contributed by atoms with E-state index >= 15 is 0 Å². The van der Waals surface area contributed by atoms with Crippen molar-refractivity contribution in [1.82, 2.24) is 14.5 Å². The summed E-state index contributed by atoms with van der Waals surface area (Å²) >= 11 is 0. The Morgan fingerprint density at radius 3 is 2.44 bits per heavy atom. The molecule has 2 fully saturated rings. The van der Waals surface area contributed by atoms with Gasteiger partial charge in [0.05, 0.1) is 24.9 Å². The molecule has 1 saturated carbocycles. The van der Waals surface area contributed by atoms with Crippen LogP contribution >= 0.6 is 0 Å². The quantitative estimate of drug-likeness (QED) is 0.354. The molecule has 2 aromatic carbocycles. The first-order chi connectivity index (χ1) is 18.7. The van der Waals surface area contributed by atoms with Crippen molar-refractivity contribution in [3.05, 3.63) is 78.1 Å². The summed E-state index contributed by atoms with van der Waals surface area (Å²) in [4.78, 5) is 2.28. The van der Waals surface area contributed by atoms with Crippen LogP contribution in [0.25, 0.3) is 27.8 Å². The maximum atomic E-state index is 14.8. The van der Waals surface area contributed by atoms with Gasteiger partial charge in [0, 0.05) is 49.1 Å². The third kappa shape index (κ3) is 5.03. The van der Waals surface area contributed by atoms with E-state index in [1.807, 2.05) is 12.1 Å². The molecule has 0 amide bonds. The van der Waals surface area contributed by atoms with E-state index in [-0.39, 0.29) is 5.56 Å². The molecule has 1 saturated heterocycles. The van der Waals surface area contributed by atoms with Crippen molar-refractivity contribution in [2.75, 3.05) is 39.5 Å². The zero-order valence-electron chi connectivity index (χ0n) is 21.1. The van der Waals surface area contributed by atoms with Gasteiger partial charge in [-0.05, 0) is 65.9 Å². The van der Waals surface area contributed by atoms with Crippen LogP contribution in [0.4, 0.5) is 8.78 Å². The molecule has 4 aromatic rings. The number of benzene rings is 2. The summed E-state index contributed by atoms with van der Waals surface area (Å²) in [7, 11) is -3.92. The number of fused-ring (bicyclic) bond motifs is 1. The van der Waals surface area contributed by atoms with Crippen LogP contribution in [0.5, 0.6) is 5.75 Å². The van der Waals surface area contributed by atoms with Gasteiger partial charge in [-0.2, -0.15) is 5.10 Å². The predicted molar refractivity (Wildman–Crippen MR) is 143 cm³/mol. The lowest BCUT2D eigenvalue weighted by Gasteiger charge is -2.26. The molecule has 1 aliphatic carbocycles. The SMILES string of the molecule is NS(=O)(=O)C1(c2cc(-c3ccc(F)cc3F)cc(-c3cnn4ccc(OCCN5CCOCC5)cc34)c2)CC1. The van der Waals surface area contributed by atoms with Gasteiger partial charge in [0.25, 0.3) is 0 Å². The molecule has 0 atom stereocenters. The first-order valence-electron chi connectivity index (χ1n) is 12.8. The lowest BCUT2D eigenvalue weighted by atomic mass is 9.94. The van der Waals surface area contributed by atoms with Crippen molar-refractivity contribution in [3.8, 4) is 28.0 Å². The Morgan fingerprint density at radius 2 is 1.74 bits per heavy atom. The number of ether oxygens (including phenoxy) is 2. The second-order valence-electron chi connectivity index (χ2n) is 10.0. The third-order valence-electron chi connectivity index (χ3n) is 7.53. The minimum Gasteiger partial charge on any atom is -0.492 e. The zero-order chi connectivity index (χ0) is 27.2. The van der Waals surface area contributed by atoms with Crippen molar-refractivity contribution >= 4 is 15.5 Å². The normalized spacial score (nSPS) is 17.4. The summed E-state index contributed by atoms with van der Waals surface area (Å²) in [6.07, 6.45) is 4.21. The van der Waals surface area contributed by atoms with Crippen molar-refractivity contribution in [1.29, 1.82) is 0 Å². The Morgan fingerprint density at radius 1 is 1.00 bits per heavy atom. The van der Waals surface area contributed by atoms with E-state index in [9.17, 15) is 17.2 Å². The fraction of sp³-hybridized carbons (Fsp3) is 0.321. The van der Waals surface area contributed by atoms with Crippen LogP contribution in [0, 0.1) is 11.6 Å². The minimum atomic E-state index is -3.92. The Hall–Kier alpha value is -3.38. The van der Waals surface area contributed by atoms with Gasteiger partial charge in [0.15, 0.2) is 0 Å². The largest absolute Gasteiger partial charge is 0.492 e. The van der Waals surface area contributed by atoms with Crippen LogP contribution in [0.1, 0.15) is 18.4 Å². The third-order valence-corrected chi connectivity index (χ3v) is 9.27. The molecule has 2 N–H and O–H groups in total. The highest BCUT2D eigenvalue weighted by molar-refractivity contribution is 7.90. The van der Waals surface area contributed by atoms with E-state index in [2.05, 4.69) is 10.00 Å². The number of primary sulfonamides is 1. The van der Waals surface area contributed by atoms with Crippen molar-refractivity contribution < 1.29 is 26.7 Å². The van der Waals surface area contributed by atoms with Gasteiger partial charge < -0.3 is 9.47 Å². The zero-order valence-corrected chi connectivity index (χ0v) is 22.0. The molecule has 11 heteroatoms. The Labute approximate surface area is 225 Å². The Bertz CT molecular complexity index is 1650. The number of hydrogen-bond donors (Lipinski definition) is 1. The molecular formula is C28H28F2N4O4S. The van der Waals surface area contributed by atoms with E-state index in [4.69, 9.17) is 14.6 Å². The highest BCUT2D eigenvalue weighted by Gasteiger charge is 2.54. The first-order valence-corrected chi connectivity index (χ1v) is 14.3. The molecule has 6 rings (SSSR count). The van der Waals surface area contributed by atoms with E-state index in [0.29, 0.717) is 47.5 Å². The summed E-state index contributed by atoms with van der Waals surface area (Å²) in [5.74, 6) is -0.768. The summed E-state index contributed by atoms with van der Waals surface area (Å²) in [6.45, 7) is 4.50. The molecule has 1 aliphatic heterocycles. The van der Waals surface area contributed by atoms with Crippen LogP contribution in [-0.4, -0.2) is 62.4 Å². The lowest BCUT2D eigenvalue weighted by Crippen LogP contribution is -2.38. The first kappa shape index (κ1) is 25.9. The van der Waals surface area contributed by atoms with Gasteiger partial charge in [-0.15, -0.1) is 0 Å². The predicted octanol–water partition coefficient (Wildman–Crippen LogP) is 3.94. The molecule has 39 heavy (non-hydrogen) atoms. The summed E-state index contributed by atoms with van der Waals surface area (Å²) in [6, 6.07) is 12.2. The molecule has 3 heterocycles. The van der Waals surface area contributed by atoms with Crippen LogP contribution in [-0.2, 0) is 19.5 Å². The van der Waals surface area contributed by atoms with E-state index in [1.54, 1.807) is 35.1 Å². The number of sulfonamides is 1. The molecule has 8 nitrogen and oxygen atoms in total. The molecule has 2 aliphatic rings. The highest BCUT2D eigenvalue weighted by atomic mass is 32.2. The van der Waals surface area contributed by atoms with Crippen LogP contribution < -0.4 is 9.88 Å². The van der Waals surface area contributed by atoms with Crippen molar-refractivity contribution in [3.63, 3.8) is 0 Å². The highest BCUT2D eigenvalue weighted by Crippen LogP contribution is 2.53. The average molecular weight is 555 g/mol. The van der Waals surface area contributed by atoms with Gasteiger partial charge in [0.2, 0.25) is 10.0 Å². The number of rotatable bonds is 8. The smallest absolute Gasteiger partial charge is 0.219 e. The lowest BCUT2D eigenvalue weighted by molar-refractivity contribution is 0.0322. The maximum Gasteiger partial charge on any atom is 0.219 e. The average Bonchev–Trinajstić information content (AvgIpc) is 3.64. The number of pyridine rings is 1. The number of halogens is 2. The molecule has 0 radical (unpaired) electrons. The second-order valence-corrected chi connectivity index (χ2v) is 11.9. The molecule has 0 spiro atoms. The summed E-state index contributed by atoms with van der Waals surface area (Å²) < 4.78 is 65.5. The second kappa shape index (κ2) is 9.98. The van der Waals surface area contributed by atoms with Crippen molar-refractivity contribution in [2.24, 2.45) is 5.14 Å².